The van der Waals surface area contributed by atoms with Gasteiger partial charge in [0.15, 0.2) is 0 Å². The first-order chi connectivity index (χ1) is 12.5. The van der Waals surface area contributed by atoms with Crippen LogP contribution in [0.5, 0.6) is 5.75 Å². The fraction of sp³-hybridized carbons (Fsp3) is 0.312. The first kappa shape index (κ1) is 17.9. The van der Waals surface area contributed by atoms with Crippen molar-refractivity contribution in [1.29, 1.82) is 0 Å². The third-order valence-electron chi connectivity index (χ3n) is 3.86. The normalized spacial score (nSPS) is 10.8. The van der Waals surface area contributed by atoms with Crippen molar-refractivity contribution in [2.24, 2.45) is 7.05 Å². The molecule has 0 atom stereocenters. The van der Waals surface area contributed by atoms with Gasteiger partial charge in [0.2, 0.25) is 11.1 Å². The van der Waals surface area contributed by atoms with Crippen LogP contribution >= 0.6 is 11.8 Å². The van der Waals surface area contributed by atoms with Crippen molar-refractivity contribution in [1.82, 2.24) is 30.0 Å². The summed E-state index contributed by atoms with van der Waals surface area (Å²) in [6, 6.07) is 7.41. The molecule has 26 heavy (non-hydrogen) atoms. The lowest BCUT2D eigenvalue weighted by atomic mass is 10.3. The molecule has 0 radical (unpaired) electrons. The number of carbonyl (C=O) groups excluding carboxylic acids is 1. The molecule has 0 aliphatic heterocycles. The molecule has 3 aromatic rings. The van der Waals surface area contributed by atoms with Crippen molar-refractivity contribution in [3.8, 4) is 11.4 Å². The van der Waals surface area contributed by atoms with Crippen molar-refractivity contribution in [3.05, 3.63) is 35.7 Å². The molecular formula is C16H19N7O2S. The van der Waals surface area contributed by atoms with Gasteiger partial charge in [0, 0.05) is 7.05 Å². The van der Waals surface area contributed by atoms with Crippen LogP contribution in [-0.4, -0.2) is 48.8 Å². The van der Waals surface area contributed by atoms with Gasteiger partial charge in [-0.2, -0.15) is 9.78 Å². The fourth-order valence-corrected chi connectivity index (χ4v) is 3.17. The van der Waals surface area contributed by atoms with Crippen LogP contribution in [0.3, 0.4) is 0 Å². The molecular weight excluding hydrogens is 354 g/mol. The number of amides is 1. The summed E-state index contributed by atoms with van der Waals surface area (Å²) in [4.78, 5) is 12.3. The summed E-state index contributed by atoms with van der Waals surface area (Å²) in [6.45, 7) is 3.77. The number of benzene rings is 1. The molecule has 0 spiro atoms. The summed E-state index contributed by atoms with van der Waals surface area (Å²) >= 11 is 1.25. The van der Waals surface area contributed by atoms with E-state index >= 15 is 0 Å². The van der Waals surface area contributed by atoms with Gasteiger partial charge >= 0.3 is 0 Å². The summed E-state index contributed by atoms with van der Waals surface area (Å²) in [5.74, 6) is 0.667. The molecule has 0 unspecified atom stereocenters. The fourth-order valence-electron chi connectivity index (χ4n) is 2.48. The second kappa shape index (κ2) is 7.56. The molecule has 1 aromatic carbocycles. The number of methoxy groups -OCH3 is 1. The number of thioether (sulfide) groups is 1. The summed E-state index contributed by atoms with van der Waals surface area (Å²) in [6.07, 6.45) is 0. The van der Waals surface area contributed by atoms with Gasteiger partial charge in [-0.1, -0.05) is 23.9 Å². The minimum atomic E-state index is -0.149. The van der Waals surface area contributed by atoms with Gasteiger partial charge in [0.25, 0.3) is 0 Å². The lowest BCUT2D eigenvalue weighted by Crippen LogP contribution is -2.15. The van der Waals surface area contributed by atoms with Crippen molar-refractivity contribution in [3.63, 3.8) is 0 Å². The molecule has 0 saturated heterocycles. The molecule has 136 valence electrons. The molecule has 10 heteroatoms. The van der Waals surface area contributed by atoms with Crippen LogP contribution < -0.4 is 10.1 Å². The molecule has 0 aliphatic carbocycles. The highest BCUT2D eigenvalue weighted by Crippen LogP contribution is 2.26. The Hall–Kier alpha value is -2.88. The number of tetrazole rings is 1. The highest BCUT2D eigenvalue weighted by molar-refractivity contribution is 7.99. The average Bonchev–Trinajstić information content (AvgIpc) is 3.20. The van der Waals surface area contributed by atoms with E-state index in [0.29, 0.717) is 16.6 Å². The van der Waals surface area contributed by atoms with Crippen molar-refractivity contribution < 1.29 is 9.53 Å². The number of aromatic nitrogens is 6. The zero-order chi connectivity index (χ0) is 18.7. The Bertz CT molecular complexity index is 935. The maximum atomic E-state index is 12.3. The van der Waals surface area contributed by atoms with E-state index in [-0.39, 0.29) is 11.7 Å². The van der Waals surface area contributed by atoms with Gasteiger partial charge in [-0.3, -0.25) is 9.48 Å². The second-order valence-corrected chi connectivity index (χ2v) is 6.49. The number of hydrogen-bond acceptors (Lipinski definition) is 7. The molecule has 0 fully saturated rings. The molecule has 9 nitrogen and oxygen atoms in total. The van der Waals surface area contributed by atoms with E-state index in [1.54, 1.807) is 16.5 Å². The van der Waals surface area contributed by atoms with Crippen molar-refractivity contribution >= 4 is 23.4 Å². The molecule has 2 heterocycles. The standard InChI is InChI=1S/C16H19N7O2S/c1-10-15(11(2)22(3)19-10)17-14(24)9-26-16-18-20-21-23(16)12-7-5-6-8-13(12)25-4/h5-8H,9H2,1-4H3,(H,17,24). The summed E-state index contributed by atoms with van der Waals surface area (Å²) < 4.78 is 8.63. The second-order valence-electron chi connectivity index (χ2n) is 5.55. The summed E-state index contributed by atoms with van der Waals surface area (Å²) in [5.41, 5.74) is 3.13. The zero-order valence-corrected chi connectivity index (χ0v) is 15.7. The number of anilines is 1. The van der Waals surface area contributed by atoms with Crippen molar-refractivity contribution in [2.75, 3.05) is 18.2 Å². The zero-order valence-electron chi connectivity index (χ0n) is 14.9. The van der Waals surface area contributed by atoms with Crippen LogP contribution in [0.4, 0.5) is 5.69 Å². The predicted molar refractivity (Wildman–Crippen MR) is 97.7 cm³/mol. The Morgan fingerprint density at radius 2 is 2.08 bits per heavy atom. The maximum absolute atomic E-state index is 12.3. The highest BCUT2D eigenvalue weighted by atomic mass is 32.2. The number of nitrogens with one attached hydrogen (secondary N) is 1. The molecule has 1 amide bonds. The van der Waals surface area contributed by atoms with Gasteiger partial charge in [-0.25, -0.2) is 0 Å². The van der Waals surface area contributed by atoms with Crippen LogP contribution in [0.15, 0.2) is 29.4 Å². The Labute approximate surface area is 154 Å². The third kappa shape index (κ3) is 3.54. The lowest BCUT2D eigenvalue weighted by molar-refractivity contribution is -0.113. The number of rotatable bonds is 6. The van der Waals surface area contributed by atoms with E-state index in [4.69, 9.17) is 4.74 Å². The number of carbonyl (C=O) groups is 1. The number of para-hydroxylation sites is 2. The van der Waals surface area contributed by atoms with Gasteiger partial charge in [0.1, 0.15) is 11.4 Å². The SMILES string of the molecule is COc1ccccc1-n1nnnc1SCC(=O)Nc1c(C)nn(C)c1C. The van der Waals surface area contributed by atoms with E-state index in [1.165, 1.54) is 11.8 Å². The topological polar surface area (TPSA) is 99.8 Å². The van der Waals surface area contributed by atoms with Crippen LogP contribution in [0.25, 0.3) is 5.69 Å². The first-order valence-electron chi connectivity index (χ1n) is 7.86. The van der Waals surface area contributed by atoms with Gasteiger partial charge in [0.05, 0.1) is 29.9 Å². The average molecular weight is 373 g/mol. The van der Waals surface area contributed by atoms with Crippen LogP contribution in [0, 0.1) is 13.8 Å². The predicted octanol–water partition coefficient (Wildman–Crippen LogP) is 1.75. The van der Waals surface area contributed by atoms with Crippen LogP contribution in [0.1, 0.15) is 11.4 Å². The van der Waals surface area contributed by atoms with E-state index < -0.39 is 0 Å². The summed E-state index contributed by atoms with van der Waals surface area (Å²) in [7, 11) is 3.43. The van der Waals surface area contributed by atoms with Gasteiger partial charge < -0.3 is 10.1 Å². The Kier molecular flexibility index (Phi) is 5.21. The Morgan fingerprint density at radius 3 is 2.77 bits per heavy atom. The maximum Gasteiger partial charge on any atom is 0.234 e. The van der Waals surface area contributed by atoms with Crippen LogP contribution in [-0.2, 0) is 11.8 Å². The first-order valence-corrected chi connectivity index (χ1v) is 8.84. The number of aryl methyl sites for hydroxylation is 2. The molecule has 0 aliphatic rings. The minimum Gasteiger partial charge on any atom is -0.494 e. The molecule has 3 rings (SSSR count). The molecule has 0 bridgehead atoms. The van der Waals surface area contributed by atoms with E-state index in [0.717, 1.165) is 17.1 Å². The smallest absolute Gasteiger partial charge is 0.234 e. The van der Waals surface area contributed by atoms with E-state index in [1.807, 2.05) is 45.2 Å². The van der Waals surface area contributed by atoms with Gasteiger partial charge in [-0.05, 0) is 36.4 Å². The van der Waals surface area contributed by atoms with Crippen LogP contribution in [0.2, 0.25) is 0 Å². The number of ether oxygens (including phenoxy) is 1. The monoisotopic (exact) mass is 373 g/mol. The van der Waals surface area contributed by atoms with E-state index in [2.05, 4.69) is 25.9 Å². The quantitative estimate of drug-likeness (QED) is 0.657. The third-order valence-corrected chi connectivity index (χ3v) is 4.78. The largest absolute Gasteiger partial charge is 0.494 e. The molecule has 2 aromatic heterocycles. The number of nitrogens with zero attached hydrogens (tertiary/aromatic N) is 6. The molecule has 0 saturated carbocycles. The number of hydrogen-bond donors (Lipinski definition) is 1. The van der Waals surface area contributed by atoms with E-state index in [9.17, 15) is 4.79 Å². The lowest BCUT2D eigenvalue weighted by Gasteiger charge is -2.09. The minimum absolute atomic E-state index is 0.149. The Morgan fingerprint density at radius 1 is 1.31 bits per heavy atom. The highest BCUT2D eigenvalue weighted by Gasteiger charge is 2.16. The molecule has 1 N–H and O–H groups in total. The Balaban J connectivity index is 1.71. The van der Waals surface area contributed by atoms with Crippen molar-refractivity contribution in [2.45, 2.75) is 19.0 Å². The summed E-state index contributed by atoms with van der Waals surface area (Å²) in [5, 5.41) is 19.4. The van der Waals surface area contributed by atoms with Gasteiger partial charge in [-0.15, -0.1) is 5.10 Å².